The van der Waals surface area contributed by atoms with E-state index in [-0.39, 0.29) is 0 Å². The first kappa shape index (κ1) is 14.6. The van der Waals surface area contributed by atoms with Crippen LogP contribution in [0.15, 0.2) is 72.8 Å². The molecule has 104 valence electrons. The fourth-order valence-corrected chi connectivity index (χ4v) is 2.37. The van der Waals surface area contributed by atoms with Crippen LogP contribution in [-0.2, 0) is 12.8 Å². The molecule has 0 bridgehead atoms. The second-order valence-corrected chi connectivity index (χ2v) is 5.23. The summed E-state index contributed by atoms with van der Waals surface area (Å²) in [7, 11) is 0. The zero-order valence-electron chi connectivity index (χ0n) is 12.2. The highest BCUT2D eigenvalue weighted by Crippen LogP contribution is 2.07. The summed E-state index contributed by atoms with van der Waals surface area (Å²) in [6.45, 7) is 0. The van der Waals surface area contributed by atoms with Gasteiger partial charge in [0.15, 0.2) is 0 Å². The average molecular weight is 264 g/mol. The number of rotatable bonds is 8. The minimum atomic E-state index is 1.19. The Balaban J connectivity index is 1.52. The lowest BCUT2D eigenvalue weighted by Gasteiger charge is -1.99. The number of allylic oxidation sites excluding steroid dienone is 2. The van der Waals surface area contributed by atoms with Crippen molar-refractivity contribution in [3.63, 3.8) is 0 Å². The highest BCUT2D eigenvalue weighted by atomic mass is 14.0. The van der Waals surface area contributed by atoms with E-state index in [4.69, 9.17) is 0 Å². The van der Waals surface area contributed by atoms with Crippen molar-refractivity contribution in [1.82, 2.24) is 0 Å². The Morgan fingerprint density at radius 3 is 1.35 bits per heavy atom. The standard InChI is InChI=1S/C20H24/c1(3-7-13-19-15-9-5-10-16-19)2-4-8-14-20-17-11-6-12-18-20/h1-2,5-6,9-12,15-18H,3-4,7-8,13-14H2/b2-1+. The van der Waals surface area contributed by atoms with Gasteiger partial charge in [-0.1, -0.05) is 72.8 Å². The predicted molar refractivity (Wildman–Crippen MR) is 87.9 cm³/mol. The summed E-state index contributed by atoms with van der Waals surface area (Å²) >= 11 is 0. The molecule has 0 aliphatic carbocycles. The van der Waals surface area contributed by atoms with Crippen LogP contribution in [-0.4, -0.2) is 0 Å². The van der Waals surface area contributed by atoms with Crippen LogP contribution in [0.2, 0.25) is 0 Å². The van der Waals surface area contributed by atoms with Gasteiger partial charge >= 0.3 is 0 Å². The second kappa shape index (κ2) is 9.14. The third-order valence-electron chi connectivity index (χ3n) is 3.52. The molecule has 2 aromatic carbocycles. The third-order valence-corrected chi connectivity index (χ3v) is 3.52. The molecule has 0 N–H and O–H groups in total. The van der Waals surface area contributed by atoms with Gasteiger partial charge in [-0.3, -0.25) is 0 Å². The summed E-state index contributed by atoms with van der Waals surface area (Å²) in [5.74, 6) is 0. The topological polar surface area (TPSA) is 0 Å². The zero-order chi connectivity index (χ0) is 13.9. The maximum Gasteiger partial charge on any atom is -0.0276 e. The van der Waals surface area contributed by atoms with Crippen LogP contribution in [0, 0.1) is 0 Å². The van der Waals surface area contributed by atoms with E-state index in [2.05, 4.69) is 72.8 Å². The lowest BCUT2D eigenvalue weighted by Crippen LogP contribution is -1.84. The highest BCUT2D eigenvalue weighted by Gasteiger charge is 1.91. The van der Waals surface area contributed by atoms with Crippen LogP contribution in [0.5, 0.6) is 0 Å². The predicted octanol–water partition coefficient (Wildman–Crippen LogP) is 5.59. The second-order valence-electron chi connectivity index (χ2n) is 5.23. The van der Waals surface area contributed by atoms with E-state index in [9.17, 15) is 0 Å². The van der Waals surface area contributed by atoms with E-state index in [0.29, 0.717) is 0 Å². The molecule has 2 aromatic rings. The number of hydrogen-bond donors (Lipinski definition) is 0. The summed E-state index contributed by atoms with van der Waals surface area (Å²) in [5.41, 5.74) is 2.90. The molecule has 0 fully saturated rings. The van der Waals surface area contributed by atoms with Gasteiger partial charge in [0.25, 0.3) is 0 Å². The van der Waals surface area contributed by atoms with Gasteiger partial charge in [-0.2, -0.15) is 0 Å². The maximum absolute atomic E-state index is 2.34. The molecule has 2 rings (SSSR count). The molecule has 0 aliphatic rings. The van der Waals surface area contributed by atoms with Crippen molar-refractivity contribution >= 4 is 0 Å². The summed E-state index contributed by atoms with van der Waals surface area (Å²) in [5, 5.41) is 0. The summed E-state index contributed by atoms with van der Waals surface area (Å²) in [4.78, 5) is 0. The molecule has 0 aliphatic heterocycles. The number of aryl methyl sites for hydroxylation is 2. The number of benzene rings is 2. The van der Waals surface area contributed by atoms with Crippen LogP contribution in [0.4, 0.5) is 0 Å². The van der Waals surface area contributed by atoms with E-state index in [1.54, 1.807) is 0 Å². The van der Waals surface area contributed by atoms with Crippen molar-refractivity contribution in [3.05, 3.63) is 83.9 Å². The minimum Gasteiger partial charge on any atom is -0.0885 e. The largest absolute Gasteiger partial charge is 0.0885 e. The van der Waals surface area contributed by atoms with Gasteiger partial charge < -0.3 is 0 Å². The minimum absolute atomic E-state index is 1.19. The first-order valence-corrected chi connectivity index (χ1v) is 7.68. The van der Waals surface area contributed by atoms with Gasteiger partial charge in [-0.05, 0) is 49.7 Å². The van der Waals surface area contributed by atoms with E-state index in [1.807, 2.05) is 0 Å². The highest BCUT2D eigenvalue weighted by molar-refractivity contribution is 5.15. The summed E-state index contributed by atoms with van der Waals surface area (Å²) in [6.07, 6.45) is 11.9. The van der Waals surface area contributed by atoms with Crippen LogP contribution in [0.3, 0.4) is 0 Å². The van der Waals surface area contributed by atoms with Crippen LogP contribution >= 0.6 is 0 Å². The van der Waals surface area contributed by atoms with Crippen molar-refractivity contribution in [1.29, 1.82) is 0 Å². The quantitative estimate of drug-likeness (QED) is 0.431. The van der Waals surface area contributed by atoms with Gasteiger partial charge in [0.05, 0.1) is 0 Å². The molecule has 0 saturated heterocycles. The van der Waals surface area contributed by atoms with Gasteiger partial charge in [0.2, 0.25) is 0 Å². The van der Waals surface area contributed by atoms with Crippen molar-refractivity contribution in [2.45, 2.75) is 38.5 Å². The molecule has 0 unspecified atom stereocenters. The third kappa shape index (κ3) is 5.88. The Labute approximate surface area is 123 Å². The summed E-state index contributed by atoms with van der Waals surface area (Å²) < 4.78 is 0. The van der Waals surface area contributed by atoms with Gasteiger partial charge in [0.1, 0.15) is 0 Å². The molecule has 0 spiro atoms. The number of unbranched alkanes of at least 4 members (excludes halogenated alkanes) is 2. The average Bonchev–Trinajstić information content (AvgIpc) is 2.52. The Kier molecular flexibility index (Phi) is 6.67. The summed E-state index contributed by atoms with van der Waals surface area (Å²) in [6, 6.07) is 21.5. The lowest BCUT2D eigenvalue weighted by atomic mass is 10.1. The number of hydrogen-bond acceptors (Lipinski definition) is 0. The van der Waals surface area contributed by atoms with Gasteiger partial charge in [0, 0.05) is 0 Å². The fraction of sp³-hybridized carbons (Fsp3) is 0.300. The van der Waals surface area contributed by atoms with Crippen molar-refractivity contribution < 1.29 is 0 Å². The van der Waals surface area contributed by atoms with Crippen molar-refractivity contribution in [3.8, 4) is 0 Å². The van der Waals surface area contributed by atoms with E-state index < -0.39 is 0 Å². The molecule has 0 heterocycles. The Morgan fingerprint density at radius 2 is 0.950 bits per heavy atom. The monoisotopic (exact) mass is 264 g/mol. The lowest BCUT2D eigenvalue weighted by molar-refractivity contribution is 0.818. The Hall–Kier alpha value is -1.82. The smallest absolute Gasteiger partial charge is 0.0276 e. The van der Waals surface area contributed by atoms with Crippen molar-refractivity contribution in [2.75, 3.05) is 0 Å². The molecule has 20 heavy (non-hydrogen) atoms. The molecule has 0 radical (unpaired) electrons. The molecule has 0 saturated carbocycles. The molecule has 0 heteroatoms. The molecule has 0 aromatic heterocycles. The Bertz CT molecular complexity index is 434. The van der Waals surface area contributed by atoms with Gasteiger partial charge in [-0.15, -0.1) is 0 Å². The Morgan fingerprint density at radius 1 is 0.550 bits per heavy atom. The molecular formula is C20H24. The SMILES string of the molecule is C(=C\CCCc1ccccc1)/CCCc1ccccc1. The molecular weight excluding hydrogens is 240 g/mol. The first-order valence-electron chi connectivity index (χ1n) is 7.68. The van der Waals surface area contributed by atoms with Crippen LogP contribution in [0.25, 0.3) is 0 Å². The van der Waals surface area contributed by atoms with Crippen LogP contribution < -0.4 is 0 Å². The van der Waals surface area contributed by atoms with E-state index >= 15 is 0 Å². The van der Waals surface area contributed by atoms with Crippen molar-refractivity contribution in [2.24, 2.45) is 0 Å². The molecule has 0 atom stereocenters. The fourth-order valence-electron chi connectivity index (χ4n) is 2.37. The van der Waals surface area contributed by atoms with Crippen LogP contribution in [0.1, 0.15) is 36.8 Å². The molecule has 0 amide bonds. The van der Waals surface area contributed by atoms with E-state index in [0.717, 1.165) is 0 Å². The normalized spacial score (nSPS) is 11.0. The molecule has 0 nitrogen and oxygen atoms in total. The first-order chi connectivity index (χ1) is 9.95. The maximum atomic E-state index is 2.34. The zero-order valence-corrected chi connectivity index (χ0v) is 12.2. The van der Waals surface area contributed by atoms with E-state index in [1.165, 1.54) is 49.7 Å². The van der Waals surface area contributed by atoms with Gasteiger partial charge in [-0.25, -0.2) is 0 Å².